The van der Waals surface area contributed by atoms with E-state index in [-0.39, 0.29) is 12.2 Å². The summed E-state index contributed by atoms with van der Waals surface area (Å²) in [4.78, 5) is 13.9. The molecule has 1 atom stereocenters. The molecule has 0 aromatic heterocycles. The Balaban J connectivity index is 1.85. The Hall–Kier alpha value is -1.45. The number of allylic oxidation sites excluding steroid dienone is 4. The standard InChI is InChI=1S/C19H31NO3/c1-4-22-18-10-6-5-9-17(18)12-11-16-8-7-13-20(14-16)19(21)23-15(2)3/h5,9,15-16H,4,6-8,10-14H2,1-3H3. The molecule has 4 heteroatoms. The molecule has 1 amide bonds. The van der Waals surface area contributed by atoms with Crippen molar-refractivity contribution < 1.29 is 14.3 Å². The number of amides is 1. The third-order valence-corrected chi connectivity index (χ3v) is 4.47. The zero-order valence-electron chi connectivity index (χ0n) is 14.8. The molecule has 2 rings (SSSR count). The molecule has 0 saturated carbocycles. The maximum Gasteiger partial charge on any atom is 0.410 e. The minimum absolute atomic E-state index is 0.0471. The fraction of sp³-hybridized carbons (Fsp3) is 0.737. The van der Waals surface area contributed by atoms with Gasteiger partial charge in [0, 0.05) is 19.5 Å². The van der Waals surface area contributed by atoms with E-state index in [0.717, 1.165) is 51.8 Å². The molecule has 23 heavy (non-hydrogen) atoms. The van der Waals surface area contributed by atoms with Crippen LogP contribution < -0.4 is 0 Å². The van der Waals surface area contributed by atoms with E-state index in [1.807, 2.05) is 25.7 Å². The van der Waals surface area contributed by atoms with Gasteiger partial charge in [-0.25, -0.2) is 4.79 Å². The van der Waals surface area contributed by atoms with Crippen molar-refractivity contribution in [3.63, 3.8) is 0 Å². The number of nitrogens with zero attached hydrogens (tertiary/aromatic N) is 1. The number of ether oxygens (including phenoxy) is 2. The molecular weight excluding hydrogens is 290 g/mol. The van der Waals surface area contributed by atoms with Crippen molar-refractivity contribution in [2.45, 2.75) is 65.4 Å². The molecule has 0 radical (unpaired) electrons. The van der Waals surface area contributed by atoms with Gasteiger partial charge in [-0.2, -0.15) is 0 Å². The summed E-state index contributed by atoms with van der Waals surface area (Å²) in [5.74, 6) is 1.73. The van der Waals surface area contributed by atoms with E-state index < -0.39 is 0 Å². The van der Waals surface area contributed by atoms with Gasteiger partial charge in [-0.05, 0) is 64.4 Å². The molecule has 0 spiro atoms. The summed E-state index contributed by atoms with van der Waals surface area (Å²) < 4.78 is 11.1. The van der Waals surface area contributed by atoms with E-state index >= 15 is 0 Å². The molecule has 1 heterocycles. The van der Waals surface area contributed by atoms with Crippen LogP contribution in [0.3, 0.4) is 0 Å². The van der Waals surface area contributed by atoms with Gasteiger partial charge in [-0.3, -0.25) is 0 Å². The highest BCUT2D eigenvalue weighted by atomic mass is 16.6. The summed E-state index contributed by atoms with van der Waals surface area (Å²) in [7, 11) is 0. The largest absolute Gasteiger partial charge is 0.498 e. The van der Waals surface area contributed by atoms with Gasteiger partial charge in [0.2, 0.25) is 0 Å². The fourth-order valence-corrected chi connectivity index (χ4v) is 3.36. The summed E-state index contributed by atoms with van der Waals surface area (Å²) in [6.45, 7) is 8.24. The quantitative estimate of drug-likeness (QED) is 0.714. The topological polar surface area (TPSA) is 38.8 Å². The first-order valence-corrected chi connectivity index (χ1v) is 9.07. The van der Waals surface area contributed by atoms with Crippen molar-refractivity contribution in [3.05, 3.63) is 23.5 Å². The van der Waals surface area contributed by atoms with Gasteiger partial charge in [0.05, 0.1) is 18.5 Å². The minimum Gasteiger partial charge on any atom is -0.498 e. The molecule has 1 saturated heterocycles. The minimum atomic E-state index is -0.156. The van der Waals surface area contributed by atoms with Gasteiger partial charge in [0.15, 0.2) is 0 Å². The van der Waals surface area contributed by atoms with Crippen molar-refractivity contribution in [1.29, 1.82) is 0 Å². The third-order valence-electron chi connectivity index (χ3n) is 4.47. The Morgan fingerprint density at radius 3 is 3.00 bits per heavy atom. The van der Waals surface area contributed by atoms with E-state index in [1.165, 1.54) is 17.8 Å². The van der Waals surface area contributed by atoms with E-state index in [1.54, 1.807) is 0 Å². The van der Waals surface area contributed by atoms with Crippen LogP contribution in [0.1, 0.15) is 59.3 Å². The lowest BCUT2D eigenvalue weighted by molar-refractivity contribution is 0.0617. The second-order valence-corrected chi connectivity index (χ2v) is 6.75. The Kier molecular flexibility index (Phi) is 7.00. The zero-order chi connectivity index (χ0) is 16.7. The van der Waals surface area contributed by atoms with Crippen molar-refractivity contribution >= 4 is 6.09 Å². The van der Waals surface area contributed by atoms with E-state index in [0.29, 0.717) is 5.92 Å². The summed E-state index contributed by atoms with van der Waals surface area (Å²) >= 11 is 0. The van der Waals surface area contributed by atoms with Gasteiger partial charge in [-0.15, -0.1) is 0 Å². The highest BCUT2D eigenvalue weighted by molar-refractivity contribution is 5.67. The number of piperidine rings is 1. The number of likely N-dealkylation sites (tertiary alicyclic amines) is 1. The van der Waals surface area contributed by atoms with Gasteiger partial charge in [-0.1, -0.05) is 12.2 Å². The second-order valence-electron chi connectivity index (χ2n) is 6.75. The molecule has 4 nitrogen and oxygen atoms in total. The zero-order valence-corrected chi connectivity index (χ0v) is 14.8. The van der Waals surface area contributed by atoms with E-state index in [4.69, 9.17) is 9.47 Å². The molecule has 0 bridgehead atoms. The summed E-state index contributed by atoms with van der Waals surface area (Å²) in [6.07, 6.45) is 10.8. The first kappa shape index (κ1) is 17.9. The molecule has 1 fully saturated rings. The van der Waals surface area contributed by atoms with Crippen molar-refractivity contribution in [1.82, 2.24) is 4.90 Å². The van der Waals surface area contributed by atoms with Crippen LogP contribution >= 0.6 is 0 Å². The molecule has 130 valence electrons. The van der Waals surface area contributed by atoms with Crippen LogP contribution in [0.4, 0.5) is 4.79 Å². The molecule has 0 N–H and O–H groups in total. The normalized spacial score (nSPS) is 21.7. The van der Waals surface area contributed by atoms with Crippen LogP contribution in [0.5, 0.6) is 0 Å². The molecule has 0 aromatic rings. The van der Waals surface area contributed by atoms with Gasteiger partial charge in [0.1, 0.15) is 0 Å². The first-order chi connectivity index (χ1) is 11.1. The van der Waals surface area contributed by atoms with Crippen LogP contribution in [0.15, 0.2) is 23.5 Å². The number of carbonyl (C=O) groups is 1. The van der Waals surface area contributed by atoms with Crippen LogP contribution in [-0.4, -0.2) is 36.8 Å². The maximum absolute atomic E-state index is 12.1. The van der Waals surface area contributed by atoms with Crippen LogP contribution in [0.25, 0.3) is 0 Å². The molecule has 1 aliphatic heterocycles. The molecular formula is C19H31NO3. The van der Waals surface area contributed by atoms with Crippen molar-refractivity contribution in [3.8, 4) is 0 Å². The van der Waals surface area contributed by atoms with Crippen LogP contribution in [0.2, 0.25) is 0 Å². The lowest BCUT2D eigenvalue weighted by Gasteiger charge is -2.32. The van der Waals surface area contributed by atoms with Gasteiger partial charge < -0.3 is 14.4 Å². The summed E-state index contributed by atoms with van der Waals surface area (Å²) in [5.41, 5.74) is 1.35. The first-order valence-electron chi connectivity index (χ1n) is 9.07. The van der Waals surface area contributed by atoms with Gasteiger partial charge >= 0.3 is 6.09 Å². The third kappa shape index (κ3) is 5.60. The Morgan fingerprint density at radius 1 is 1.43 bits per heavy atom. The lowest BCUT2D eigenvalue weighted by atomic mass is 9.90. The average molecular weight is 321 g/mol. The average Bonchev–Trinajstić information content (AvgIpc) is 2.54. The smallest absolute Gasteiger partial charge is 0.410 e. The SMILES string of the molecule is CCOC1=C(CCC2CCCN(C(=O)OC(C)C)C2)C=CCC1. The van der Waals surface area contributed by atoms with Crippen molar-refractivity contribution in [2.24, 2.45) is 5.92 Å². The number of rotatable bonds is 6. The summed E-state index contributed by atoms with van der Waals surface area (Å²) in [5, 5.41) is 0. The number of carbonyl (C=O) groups excluding carboxylic acids is 1. The number of hydrogen-bond acceptors (Lipinski definition) is 3. The van der Waals surface area contributed by atoms with Crippen LogP contribution in [-0.2, 0) is 9.47 Å². The highest BCUT2D eigenvalue weighted by Gasteiger charge is 2.25. The van der Waals surface area contributed by atoms with Crippen LogP contribution in [0, 0.1) is 5.92 Å². The maximum atomic E-state index is 12.1. The molecule has 2 aliphatic rings. The molecule has 0 aromatic carbocycles. The highest BCUT2D eigenvalue weighted by Crippen LogP contribution is 2.28. The number of hydrogen-bond donors (Lipinski definition) is 0. The predicted molar refractivity (Wildman–Crippen MR) is 92.2 cm³/mol. The predicted octanol–water partition coefficient (Wildman–Crippen LogP) is 4.66. The van der Waals surface area contributed by atoms with Crippen molar-refractivity contribution in [2.75, 3.05) is 19.7 Å². The lowest BCUT2D eigenvalue weighted by Crippen LogP contribution is -2.41. The van der Waals surface area contributed by atoms with Gasteiger partial charge in [0.25, 0.3) is 0 Å². The summed E-state index contributed by atoms with van der Waals surface area (Å²) in [6, 6.07) is 0. The Bertz CT molecular complexity index is 454. The van der Waals surface area contributed by atoms with E-state index in [9.17, 15) is 4.79 Å². The Labute approximate surface area is 140 Å². The molecule has 1 aliphatic carbocycles. The second kappa shape index (κ2) is 8.99. The monoisotopic (exact) mass is 321 g/mol. The fourth-order valence-electron chi connectivity index (χ4n) is 3.36. The Morgan fingerprint density at radius 2 is 2.26 bits per heavy atom. The van der Waals surface area contributed by atoms with E-state index in [2.05, 4.69) is 12.2 Å². The molecule has 1 unspecified atom stereocenters.